The highest BCUT2D eigenvalue weighted by molar-refractivity contribution is 5.86. The van der Waals surface area contributed by atoms with Crippen molar-refractivity contribution < 1.29 is 27.8 Å². The fourth-order valence-electron chi connectivity index (χ4n) is 3.64. The zero-order chi connectivity index (χ0) is 20.9. The molecule has 1 saturated heterocycles. The molecule has 3 aromatic rings. The number of rotatable bonds is 4. The molecule has 152 valence electrons. The highest BCUT2D eigenvalue weighted by Gasteiger charge is 2.33. The van der Waals surface area contributed by atoms with Crippen LogP contribution in [0.3, 0.4) is 0 Å². The number of aryl methyl sites for hydroxylation is 1. The Morgan fingerprint density at radius 3 is 2.45 bits per heavy atom. The Labute approximate surface area is 164 Å². The molecule has 2 aromatic carbocycles. The Bertz CT molecular complexity index is 1100. The van der Waals surface area contributed by atoms with Gasteiger partial charge in [0.15, 0.2) is 0 Å². The lowest BCUT2D eigenvalue weighted by Crippen LogP contribution is -2.50. The summed E-state index contributed by atoms with van der Waals surface area (Å²) in [7, 11) is 1.54. The lowest BCUT2D eigenvalue weighted by Gasteiger charge is -2.38. The molecular weight excluding hydrogens is 385 g/mol. The topological polar surface area (TPSA) is 54.7 Å². The minimum absolute atomic E-state index is 0.403. The normalized spacial score (nSPS) is 14.9. The molecule has 1 aromatic heterocycles. The number of methoxy groups -OCH3 is 1. The predicted octanol–water partition coefficient (Wildman–Crippen LogP) is 4.49. The highest BCUT2D eigenvalue weighted by atomic mass is 19.4. The first kappa shape index (κ1) is 19.2. The Hall–Kier alpha value is -3.16. The van der Waals surface area contributed by atoms with Crippen molar-refractivity contribution in [2.24, 2.45) is 5.92 Å². The van der Waals surface area contributed by atoms with Gasteiger partial charge in [0, 0.05) is 42.5 Å². The molecule has 1 aliphatic heterocycles. The van der Waals surface area contributed by atoms with Gasteiger partial charge in [0.05, 0.1) is 29.8 Å². The number of ether oxygens (including phenoxy) is 1. The van der Waals surface area contributed by atoms with E-state index in [1.807, 2.05) is 21.6 Å². The number of carboxylic acids is 1. The second-order valence-electron chi connectivity index (χ2n) is 7.24. The number of aliphatic carboxylic acids is 1. The van der Waals surface area contributed by atoms with Gasteiger partial charge in [-0.1, -0.05) is 0 Å². The first-order valence-corrected chi connectivity index (χ1v) is 9.03. The number of fused-ring (bicyclic) bond motifs is 1. The lowest BCUT2D eigenvalue weighted by molar-refractivity contribution is -0.142. The monoisotopic (exact) mass is 404 g/mol. The summed E-state index contributed by atoms with van der Waals surface area (Å²) in [6.45, 7) is 2.58. The Morgan fingerprint density at radius 1 is 1.14 bits per heavy atom. The molecule has 1 aliphatic rings. The molecule has 8 heteroatoms. The van der Waals surface area contributed by atoms with Gasteiger partial charge in [-0.2, -0.15) is 13.2 Å². The second-order valence-corrected chi connectivity index (χ2v) is 7.24. The molecule has 0 spiro atoms. The average molecular weight is 404 g/mol. The van der Waals surface area contributed by atoms with Crippen molar-refractivity contribution >= 4 is 22.6 Å². The van der Waals surface area contributed by atoms with Crippen molar-refractivity contribution in [3.05, 3.63) is 53.7 Å². The molecule has 29 heavy (non-hydrogen) atoms. The van der Waals surface area contributed by atoms with Crippen LogP contribution < -0.4 is 9.64 Å². The number of carboxylic acid groups (broad SMARTS) is 1. The van der Waals surface area contributed by atoms with Gasteiger partial charge in [0.25, 0.3) is 0 Å². The summed E-state index contributed by atoms with van der Waals surface area (Å²) in [5.41, 5.74) is 2.24. The van der Waals surface area contributed by atoms with Crippen LogP contribution in [0.15, 0.2) is 42.6 Å². The van der Waals surface area contributed by atoms with Crippen molar-refractivity contribution in [2.45, 2.75) is 13.1 Å². The quantitative estimate of drug-likeness (QED) is 0.696. The number of nitrogens with zero attached hydrogens (tertiary/aromatic N) is 2. The van der Waals surface area contributed by atoms with Crippen molar-refractivity contribution in [1.29, 1.82) is 0 Å². The fourth-order valence-corrected chi connectivity index (χ4v) is 3.64. The summed E-state index contributed by atoms with van der Waals surface area (Å²) in [4.78, 5) is 13.0. The van der Waals surface area contributed by atoms with Gasteiger partial charge < -0.3 is 19.3 Å². The van der Waals surface area contributed by atoms with Crippen LogP contribution in [0.5, 0.6) is 5.75 Å². The molecule has 5 nitrogen and oxygen atoms in total. The average Bonchev–Trinajstić information content (AvgIpc) is 2.95. The summed E-state index contributed by atoms with van der Waals surface area (Å²) in [5.74, 6) is -0.639. The third-order valence-corrected chi connectivity index (χ3v) is 5.32. The van der Waals surface area contributed by atoms with Crippen molar-refractivity contribution in [3.63, 3.8) is 0 Å². The molecule has 1 fully saturated rings. The molecular formula is C21H19F3N2O3. The van der Waals surface area contributed by atoms with Crippen molar-refractivity contribution in [2.75, 3.05) is 25.1 Å². The summed E-state index contributed by atoms with van der Waals surface area (Å²) >= 11 is 0. The maximum atomic E-state index is 13.1. The van der Waals surface area contributed by atoms with E-state index in [1.54, 1.807) is 19.2 Å². The van der Waals surface area contributed by atoms with Crippen LogP contribution in [0.25, 0.3) is 16.6 Å². The number of aromatic nitrogens is 1. The number of anilines is 1. The maximum Gasteiger partial charge on any atom is 0.416 e. The van der Waals surface area contributed by atoms with Crippen LogP contribution in [0.4, 0.5) is 18.9 Å². The smallest absolute Gasteiger partial charge is 0.416 e. The highest BCUT2D eigenvalue weighted by Crippen LogP contribution is 2.36. The molecule has 0 aliphatic carbocycles. The van der Waals surface area contributed by atoms with Crippen LogP contribution >= 0.6 is 0 Å². The minimum Gasteiger partial charge on any atom is -0.497 e. The van der Waals surface area contributed by atoms with Crippen LogP contribution in [0.2, 0.25) is 0 Å². The van der Waals surface area contributed by atoms with Gasteiger partial charge in [0.1, 0.15) is 5.75 Å². The van der Waals surface area contributed by atoms with E-state index < -0.39 is 23.6 Å². The van der Waals surface area contributed by atoms with Crippen molar-refractivity contribution in [3.8, 4) is 11.4 Å². The molecule has 0 saturated carbocycles. The first-order valence-electron chi connectivity index (χ1n) is 9.03. The van der Waals surface area contributed by atoms with Gasteiger partial charge in [0.2, 0.25) is 0 Å². The SMILES string of the molecule is COc1cc(N2CC(C(=O)O)C2)cc(-n2cc(C)c3cc(C(F)(F)F)ccc32)c1. The van der Waals surface area contributed by atoms with E-state index >= 15 is 0 Å². The molecule has 0 radical (unpaired) electrons. The molecule has 2 heterocycles. The number of alkyl halides is 3. The molecule has 0 atom stereocenters. The third kappa shape index (κ3) is 3.39. The summed E-state index contributed by atoms with van der Waals surface area (Å²) < 4.78 is 46.5. The summed E-state index contributed by atoms with van der Waals surface area (Å²) in [6, 6.07) is 9.21. The largest absolute Gasteiger partial charge is 0.497 e. The van der Waals surface area contributed by atoms with E-state index in [0.717, 1.165) is 29.1 Å². The van der Waals surface area contributed by atoms with Gasteiger partial charge in [-0.25, -0.2) is 0 Å². The van der Waals surface area contributed by atoms with Gasteiger partial charge >= 0.3 is 12.1 Å². The Morgan fingerprint density at radius 2 is 1.83 bits per heavy atom. The Kier molecular flexibility index (Phi) is 4.44. The second kappa shape index (κ2) is 6.72. The zero-order valence-electron chi connectivity index (χ0n) is 15.8. The third-order valence-electron chi connectivity index (χ3n) is 5.32. The standard InChI is InChI=1S/C21H19F3N2O3/c1-12-9-26(19-4-3-14(5-18(12)19)21(22,23)24)16-6-15(7-17(8-16)29-2)25-10-13(11-25)20(27)28/h3-9,13H,10-11H2,1-2H3,(H,27,28). The van der Waals surface area contributed by atoms with Crippen LogP contribution in [0, 0.1) is 12.8 Å². The molecule has 0 amide bonds. The zero-order valence-corrected chi connectivity index (χ0v) is 15.8. The maximum absolute atomic E-state index is 13.1. The molecule has 0 unspecified atom stereocenters. The van der Waals surface area contributed by atoms with Gasteiger partial charge in [-0.15, -0.1) is 0 Å². The number of hydrogen-bond donors (Lipinski definition) is 1. The minimum atomic E-state index is -4.40. The van der Waals surface area contributed by atoms with Crippen LogP contribution in [-0.2, 0) is 11.0 Å². The van der Waals surface area contributed by atoms with E-state index in [-0.39, 0.29) is 0 Å². The number of hydrogen-bond acceptors (Lipinski definition) is 3. The Balaban J connectivity index is 1.77. The van der Waals surface area contributed by atoms with Crippen molar-refractivity contribution in [1.82, 2.24) is 4.57 Å². The van der Waals surface area contributed by atoms with Gasteiger partial charge in [-0.3, -0.25) is 4.79 Å². The lowest BCUT2D eigenvalue weighted by atomic mass is 9.99. The van der Waals surface area contributed by atoms with E-state index in [9.17, 15) is 18.0 Å². The summed E-state index contributed by atoms with van der Waals surface area (Å²) in [6.07, 6.45) is -2.61. The molecule has 0 bridgehead atoms. The molecule has 1 N–H and O–H groups in total. The van der Waals surface area contributed by atoms with E-state index in [4.69, 9.17) is 9.84 Å². The summed E-state index contributed by atoms with van der Waals surface area (Å²) in [5, 5.41) is 9.62. The number of halogens is 3. The fraction of sp³-hybridized carbons (Fsp3) is 0.286. The molecule has 4 rings (SSSR count). The predicted molar refractivity (Wildman–Crippen MR) is 103 cm³/mol. The van der Waals surface area contributed by atoms with E-state index in [0.29, 0.717) is 29.7 Å². The van der Waals surface area contributed by atoms with Crippen LogP contribution in [0.1, 0.15) is 11.1 Å². The first-order chi connectivity index (χ1) is 13.7. The van der Waals surface area contributed by atoms with E-state index in [1.165, 1.54) is 13.2 Å². The van der Waals surface area contributed by atoms with Gasteiger partial charge in [-0.05, 0) is 36.8 Å². The number of carbonyl (C=O) groups is 1. The number of benzene rings is 2. The van der Waals surface area contributed by atoms with Crippen LogP contribution in [-0.4, -0.2) is 35.8 Å². The van der Waals surface area contributed by atoms with E-state index in [2.05, 4.69) is 0 Å².